The lowest BCUT2D eigenvalue weighted by molar-refractivity contribution is 0.420. The van der Waals surface area contributed by atoms with E-state index in [1.165, 1.54) is 30.9 Å². The predicted octanol–water partition coefficient (Wildman–Crippen LogP) is 4.65. The molecule has 2 heteroatoms. The van der Waals surface area contributed by atoms with Gasteiger partial charge in [-0.3, -0.25) is 0 Å². The van der Waals surface area contributed by atoms with E-state index in [4.69, 9.17) is 5.73 Å². The van der Waals surface area contributed by atoms with Crippen molar-refractivity contribution in [1.29, 1.82) is 0 Å². The molecule has 0 aromatic heterocycles. The quantitative estimate of drug-likeness (QED) is 0.776. The molecule has 0 saturated heterocycles. The number of nitrogen functional groups attached to an aromatic ring is 1. The van der Waals surface area contributed by atoms with Gasteiger partial charge in [-0.2, -0.15) is 0 Å². The largest absolute Gasteiger partial charge is 0.398 e. The second kappa shape index (κ2) is 4.69. The summed E-state index contributed by atoms with van der Waals surface area (Å²) in [7, 11) is 0. The van der Waals surface area contributed by atoms with E-state index in [0.29, 0.717) is 17.2 Å². The van der Waals surface area contributed by atoms with Gasteiger partial charge in [0.1, 0.15) is 5.82 Å². The number of hydrogen-bond acceptors (Lipinski definition) is 1. The maximum atomic E-state index is 14.1. The molecule has 0 unspecified atom stereocenters. The molecule has 1 aliphatic rings. The van der Waals surface area contributed by atoms with Crippen LogP contribution in [0.2, 0.25) is 0 Å². The van der Waals surface area contributed by atoms with E-state index in [2.05, 4.69) is 12.1 Å². The molecular formula is C17H18FN. The maximum Gasteiger partial charge on any atom is 0.131 e. The van der Waals surface area contributed by atoms with Crippen LogP contribution < -0.4 is 5.73 Å². The minimum atomic E-state index is -0.197. The van der Waals surface area contributed by atoms with Crippen LogP contribution in [0.3, 0.4) is 0 Å². The number of hydrogen-bond donors (Lipinski definition) is 1. The van der Waals surface area contributed by atoms with E-state index in [0.717, 1.165) is 11.1 Å². The molecule has 0 aliphatic heterocycles. The maximum absolute atomic E-state index is 14.1. The van der Waals surface area contributed by atoms with Crippen molar-refractivity contribution in [1.82, 2.24) is 0 Å². The molecule has 0 amide bonds. The van der Waals surface area contributed by atoms with E-state index in [9.17, 15) is 4.39 Å². The highest BCUT2D eigenvalue weighted by Crippen LogP contribution is 2.38. The van der Waals surface area contributed by atoms with Crippen LogP contribution in [0.25, 0.3) is 11.1 Å². The first-order valence-corrected chi connectivity index (χ1v) is 6.81. The summed E-state index contributed by atoms with van der Waals surface area (Å²) >= 11 is 0. The Morgan fingerprint density at radius 2 is 1.95 bits per heavy atom. The summed E-state index contributed by atoms with van der Waals surface area (Å²) in [4.78, 5) is 0. The summed E-state index contributed by atoms with van der Waals surface area (Å²) in [5.74, 6) is 0.461. The number of benzene rings is 2. The molecule has 98 valence electrons. The molecule has 0 bridgehead atoms. The van der Waals surface area contributed by atoms with E-state index in [1.807, 2.05) is 19.1 Å². The zero-order chi connectivity index (χ0) is 13.4. The second-order valence-corrected chi connectivity index (χ2v) is 5.44. The molecule has 1 fully saturated rings. The molecule has 0 atom stereocenters. The highest BCUT2D eigenvalue weighted by atomic mass is 19.1. The standard InChI is InChI=1S/C17H18FN/c1-11-8-16(18)15(10-17(11)19)14-7-3-6-13(9-14)12-4-2-5-12/h3,6-10,12H,2,4-5,19H2,1H3. The minimum Gasteiger partial charge on any atom is -0.398 e. The Morgan fingerprint density at radius 3 is 2.63 bits per heavy atom. The molecule has 19 heavy (non-hydrogen) atoms. The molecule has 2 aromatic rings. The molecular weight excluding hydrogens is 237 g/mol. The van der Waals surface area contributed by atoms with Gasteiger partial charge in [-0.1, -0.05) is 30.7 Å². The van der Waals surface area contributed by atoms with Crippen LogP contribution in [0.1, 0.15) is 36.3 Å². The Bertz CT molecular complexity index is 615. The molecule has 1 aliphatic carbocycles. The van der Waals surface area contributed by atoms with Crippen molar-refractivity contribution in [2.24, 2.45) is 0 Å². The Morgan fingerprint density at radius 1 is 1.16 bits per heavy atom. The van der Waals surface area contributed by atoms with Crippen LogP contribution in [0.4, 0.5) is 10.1 Å². The zero-order valence-corrected chi connectivity index (χ0v) is 11.1. The van der Waals surface area contributed by atoms with Gasteiger partial charge in [-0.15, -0.1) is 0 Å². The van der Waals surface area contributed by atoms with Gasteiger partial charge in [0.25, 0.3) is 0 Å². The van der Waals surface area contributed by atoms with Gasteiger partial charge in [0.2, 0.25) is 0 Å². The van der Waals surface area contributed by atoms with Crippen LogP contribution in [-0.2, 0) is 0 Å². The first-order chi connectivity index (χ1) is 9.15. The van der Waals surface area contributed by atoms with E-state index >= 15 is 0 Å². The summed E-state index contributed by atoms with van der Waals surface area (Å²) in [6, 6.07) is 11.5. The van der Waals surface area contributed by atoms with Gasteiger partial charge in [-0.05, 0) is 54.5 Å². The van der Waals surface area contributed by atoms with Gasteiger partial charge in [0.05, 0.1) is 0 Å². The van der Waals surface area contributed by atoms with E-state index in [1.54, 1.807) is 6.07 Å². The highest BCUT2D eigenvalue weighted by Gasteiger charge is 2.20. The van der Waals surface area contributed by atoms with Crippen LogP contribution in [-0.4, -0.2) is 0 Å². The average Bonchev–Trinajstić information content (AvgIpc) is 2.32. The highest BCUT2D eigenvalue weighted by molar-refractivity contribution is 5.70. The predicted molar refractivity (Wildman–Crippen MR) is 77.6 cm³/mol. The topological polar surface area (TPSA) is 26.0 Å². The summed E-state index contributed by atoms with van der Waals surface area (Å²) in [6.45, 7) is 1.83. The molecule has 0 radical (unpaired) electrons. The Balaban J connectivity index is 2.04. The minimum absolute atomic E-state index is 0.197. The van der Waals surface area contributed by atoms with Crippen molar-refractivity contribution in [2.75, 3.05) is 5.73 Å². The lowest BCUT2D eigenvalue weighted by atomic mass is 9.79. The number of aryl methyl sites for hydroxylation is 1. The van der Waals surface area contributed by atoms with Gasteiger partial charge in [-0.25, -0.2) is 4.39 Å². The molecule has 1 saturated carbocycles. The number of nitrogens with two attached hydrogens (primary N) is 1. The monoisotopic (exact) mass is 255 g/mol. The van der Waals surface area contributed by atoms with Crippen molar-refractivity contribution in [3.8, 4) is 11.1 Å². The van der Waals surface area contributed by atoms with Crippen molar-refractivity contribution >= 4 is 5.69 Å². The number of rotatable bonds is 2. The van der Waals surface area contributed by atoms with Gasteiger partial charge >= 0.3 is 0 Å². The smallest absolute Gasteiger partial charge is 0.131 e. The molecule has 0 heterocycles. The molecule has 2 aromatic carbocycles. The summed E-state index contributed by atoms with van der Waals surface area (Å²) in [5.41, 5.74) is 10.2. The zero-order valence-electron chi connectivity index (χ0n) is 11.1. The summed E-state index contributed by atoms with van der Waals surface area (Å²) < 4.78 is 14.1. The fourth-order valence-electron chi connectivity index (χ4n) is 2.61. The van der Waals surface area contributed by atoms with Crippen molar-refractivity contribution in [2.45, 2.75) is 32.1 Å². The molecule has 1 nitrogen and oxygen atoms in total. The van der Waals surface area contributed by atoms with Gasteiger partial charge in [0.15, 0.2) is 0 Å². The van der Waals surface area contributed by atoms with Gasteiger partial charge in [0, 0.05) is 11.3 Å². The normalized spacial score (nSPS) is 15.3. The lowest BCUT2D eigenvalue weighted by Crippen LogP contribution is -2.08. The van der Waals surface area contributed by atoms with Gasteiger partial charge < -0.3 is 5.73 Å². The van der Waals surface area contributed by atoms with Crippen molar-refractivity contribution in [3.63, 3.8) is 0 Å². The lowest BCUT2D eigenvalue weighted by Gasteiger charge is -2.26. The first kappa shape index (κ1) is 12.2. The van der Waals surface area contributed by atoms with Crippen molar-refractivity contribution in [3.05, 3.63) is 53.3 Å². The summed E-state index contributed by atoms with van der Waals surface area (Å²) in [6.07, 6.45) is 3.81. The fraction of sp³-hybridized carbons (Fsp3) is 0.294. The van der Waals surface area contributed by atoms with Crippen LogP contribution >= 0.6 is 0 Å². The Kier molecular flexibility index (Phi) is 3.02. The molecule has 2 N–H and O–H groups in total. The Hall–Kier alpha value is -1.83. The first-order valence-electron chi connectivity index (χ1n) is 6.81. The van der Waals surface area contributed by atoms with Crippen LogP contribution in [0.15, 0.2) is 36.4 Å². The van der Waals surface area contributed by atoms with E-state index in [-0.39, 0.29) is 5.82 Å². The average molecular weight is 255 g/mol. The Labute approximate surface area is 113 Å². The second-order valence-electron chi connectivity index (χ2n) is 5.44. The molecule has 0 spiro atoms. The third-order valence-electron chi connectivity index (χ3n) is 4.13. The van der Waals surface area contributed by atoms with Crippen molar-refractivity contribution < 1.29 is 4.39 Å². The van der Waals surface area contributed by atoms with Crippen LogP contribution in [0, 0.1) is 12.7 Å². The number of halogens is 1. The third-order valence-corrected chi connectivity index (χ3v) is 4.13. The third kappa shape index (κ3) is 2.23. The van der Waals surface area contributed by atoms with Crippen LogP contribution in [0.5, 0.6) is 0 Å². The van der Waals surface area contributed by atoms with E-state index < -0.39 is 0 Å². The molecule has 3 rings (SSSR count). The number of anilines is 1. The SMILES string of the molecule is Cc1cc(F)c(-c2cccc(C3CCC3)c2)cc1N. The summed E-state index contributed by atoms with van der Waals surface area (Å²) in [5, 5.41) is 0. The fourth-order valence-corrected chi connectivity index (χ4v) is 2.61.